The molecule has 1 amide bonds. The Labute approximate surface area is 79.7 Å². The van der Waals surface area contributed by atoms with Gasteiger partial charge >= 0.3 is 0 Å². The first-order valence-electron chi connectivity index (χ1n) is 4.92. The lowest BCUT2D eigenvalue weighted by Gasteiger charge is -2.12. The van der Waals surface area contributed by atoms with Gasteiger partial charge in [0.1, 0.15) is 0 Å². The fraction of sp³-hybridized carbons (Fsp3) is 0.545. The monoisotopic (exact) mass is 179 g/mol. The van der Waals surface area contributed by atoms with Crippen LogP contribution < -0.4 is 5.32 Å². The molecule has 2 nitrogen and oxygen atoms in total. The van der Waals surface area contributed by atoms with E-state index in [4.69, 9.17) is 0 Å². The van der Waals surface area contributed by atoms with Gasteiger partial charge < -0.3 is 5.32 Å². The minimum Gasteiger partial charge on any atom is -0.352 e. The number of rotatable bonds is 5. The van der Waals surface area contributed by atoms with Gasteiger partial charge in [-0.05, 0) is 32.1 Å². The van der Waals surface area contributed by atoms with Gasteiger partial charge in [0.15, 0.2) is 0 Å². The smallest absolute Gasteiger partial charge is 0.246 e. The van der Waals surface area contributed by atoms with Crippen LogP contribution in [0.1, 0.15) is 32.1 Å². The van der Waals surface area contributed by atoms with Crippen molar-refractivity contribution in [2.75, 3.05) is 6.54 Å². The molecule has 0 aromatic carbocycles. The Kier molecular flexibility index (Phi) is 4.30. The second-order valence-electron chi connectivity index (χ2n) is 3.31. The highest BCUT2D eigenvalue weighted by Crippen LogP contribution is 2.12. The van der Waals surface area contributed by atoms with E-state index in [1.54, 1.807) is 0 Å². The van der Waals surface area contributed by atoms with E-state index in [0.29, 0.717) is 0 Å². The van der Waals surface area contributed by atoms with Crippen LogP contribution in [0.15, 0.2) is 24.3 Å². The Balaban J connectivity index is 2.23. The zero-order chi connectivity index (χ0) is 9.52. The van der Waals surface area contributed by atoms with Crippen LogP contribution in [0.5, 0.6) is 0 Å². The predicted molar refractivity (Wildman–Crippen MR) is 54.4 cm³/mol. The van der Waals surface area contributed by atoms with Crippen LogP contribution >= 0.6 is 0 Å². The molecule has 1 aliphatic rings. The van der Waals surface area contributed by atoms with E-state index < -0.39 is 0 Å². The van der Waals surface area contributed by atoms with Crippen LogP contribution in [0.3, 0.4) is 0 Å². The van der Waals surface area contributed by atoms with Crippen molar-refractivity contribution in [1.82, 2.24) is 5.32 Å². The van der Waals surface area contributed by atoms with Gasteiger partial charge in [-0.3, -0.25) is 4.79 Å². The van der Waals surface area contributed by atoms with E-state index in [9.17, 15) is 4.79 Å². The fourth-order valence-electron chi connectivity index (χ4n) is 1.46. The molecule has 0 saturated carbocycles. The van der Waals surface area contributed by atoms with Crippen molar-refractivity contribution in [1.29, 1.82) is 0 Å². The minimum absolute atomic E-state index is 0.129. The van der Waals surface area contributed by atoms with Gasteiger partial charge in [0.25, 0.3) is 0 Å². The maximum absolute atomic E-state index is 11.3. The standard InChI is InChI=1S/C11H17NO/c1-2-3-4-5-7-10-8-6-9-12-11(10)13/h2,8H,1,3-7,9H2,(H,12,13). The highest BCUT2D eigenvalue weighted by atomic mass is 16.1. The first-order valence-corrected chi connectivity index (χ1v) is 4.92. The fourth-order valence-corrected chi connectivity index (χ4v) is 1.46. The molecule has 0 atom stereocenters. The third-order valence-electron chi connectivity index (χ3n) is 2.22. The van der Waals surface area contributed by atoms with Crippen LogP contribution in [0, 0.1) is 0 Å². The molecule has 13 heavy (non-hydrogen) atoms. The molecule has 0 aliphatic carbocycles. The van der Waals surface area contributed by atoms with Crippen LogP contribution in [0.4, 0.5) is 0 Å². The van der Waals surface area contributed by atoms with E-state index in [0.717, 1.165) is 44.2 Å². The maximum atomic E-state index is 11.3. The molecule has 0 saturated heterocycles. The number of carbonyl (C=O) groups is 1. The Morgan fingerprint density at radius 1 is 1.54 bits per heavy atom. The zero-order valence-corrected chi connectivity index (χ0v) is 8.01. The molecular formula is C11H17NO. The SMILES string of the molecule is C=CCCCCC1=CCCNC1=O. The third kappa shape index (κ3) is 3.45. The van der Waals surface area contributed by atoms with E-state index in [1.165, 1.54) is 0 Å². The number of carbonyl (C=O) groups excluding carboxylic acids is 1. The predicted octanol–water partition coefficient (Wildman–Crippen LogP) is 2.18. The van der Waals surface area contributed by atoms with Gasteiger partial charge in [-0.25, -0.2) is 0 Å². The third-order valence-corrected chi connectivity index (χ3v) is 2.22. The number of hydrogen-bond donors (Lipinski definition) is 1. The highest BCUT2D eigenvalue weighted by molar-refractivity contribution is 5.94. The van der Waals surface area contributed by atoms with Crippen LogP contribution in [-0.2, 0) is 4.79 Å². The van der Waals surface area contributed by atoms with Crippen molar-refractivity contribution < 1.29 is 4.79 Å². The first kappa shape index (κ1) is 10.0. The number of unbranched alkanes of at least 4 members (excludes halogenated alkanes) is 2. The summed E-state index contributed by atoms with van der Waals surface area (Å²) >= 11 is 0. The Hall–Kier alpha value is -1.05. The molecule has 0 unspecified atom stereocenters. The number of allylic oxidation sites excluding steroid dienone is 1. The number of amides is 1. The first-order chi connectivity index (χ1) is 6.34. The van der Waals surface area contributed by atoms with Crippen LogP contribution in [-0.4, -0.2) is 12.5 Å². The maximum Gasteiger partial charge on any atom is 0.246 e. The minimum atomic E-state index is 0.129. The summed E-state index contributed by atoms with van der Waals surface area (Å²) in [7, 11) is 0. The molecule has 0 radical (unpaired) electrons. The van der Waals surface area contributed by atoms with E-state index in [-0.39, 0.29) is 5.91 Å². The lowest BCUT2D eigenvalue weighted by molar-refractivity contribution is -0.117. The summed E-state index contributed by atoms with van der Waals surface area (Å²) in [6.45, 7) is 4.47. The summed E-state index contributed by atoms with van der Waals surface area (Å²) in [4.78, 5) is 11.3. The van der Waals surface area contributed by atoms with Crippen molar-refractivity contribution in [3.05, 3.63) is 24.3 Å². The Bertz CT molecular complexity index is 218. The van der Waals surface area contributed by atoms with Gasteiger partial charge in [-0.2, -0.15) is 0 Å². The molecule has 0 bridgehead atoms. The van der Waals surface area contributed by atoms with Crippen molar-refractivity contribution in [2.24, 2.45) is 0 Å². The molecule has 72 valence electrons. The van der Waals surface area contributed by atoms with E-state index in [1.807, 2.05) is 6.08 Å². The van der Waals surface area contributed by atoms with Gasteiger partial charge in [0.2, 0.25) is 5.91 Å². The van der Waals surface area contributed by atoms with Gasteiger partial charge in [-0.1, -0.05) is 12.2 Å². The molecule has 0 aromatic rings. The molecule has 0 fully saturated rings. The van der Waals surface area contributed by atoms with E-state index in [2.05, 4.69) is 18.0 Å². The van der Waals surface area contributed by atoms with Crippen molar-refractivity contribution >= 4 is 5.91 Å². The molecule has 0 spiro atoms. The van der Waals surface area contributed by atoms with Crippen LogP contribution in [0.25, 0.3) is 0 Å². The lowest BCUT2D eigenvalue weighted by atomic mass is 10.0. The van der Waals surface area contributed by atoms with Crippen molar-refractivity contribution in [2.45, 2.75) is 32.1 Å². The summed E-state index contributed by atoms with van der Waals surface area (Å²) in [5.41, 5.74) is 0.968. The molecule has 1 heterocycles. The van der Waals surface area contributed by atoms with Gasteiger partial charge in [0, 0.05) is 12.1 Å². The lowest BCUT2D eigenvalue weighted by Crippen LogP contribution is -2.29. The second-order valence-corrected chi connectivity index (χ2v) is 3.31. The van der Waals surface area contributed by atoms with Gasteiger partial charge in [-0.15, -0.1) is 6.58 Å². The van der Waals surface area contributed by atoms with Crippen molar-refractivity contribution in [3.8, 4) is 0 Å². The summed E-state index contributed by atoms with van der Waals surface area (Å²) < 4.78 is 0. The zero-order valence-electron chi connectivity index (χ0n) is 8.01. The average Bonchev–Trinajstić information content (AvgIpc) is 2.15. The molecule has 1 aliphatic heterocycles. The number of hydrogen-bond acceptors (Lipinski definition) is 1. The Morgan fingerprint density at radius 2 is 2.38 bits per heavy atom. The summed E-state index contributed by atoms with van der Waals surface area (Å²) in [6.07, 6.45) is 9.17. The quantitative estimate of drug-likeness (QED) is 0.508. The Morgan fingerprint density at radius 3 is 3.08 bits per heavy atom. The van der Waals surface area contributed by atoms with Gasteiger partial charge in [0.05, 0.1) is 0 Å². The van der Waals surface area contributed by atoms with Crippen LogP contribution in [0.2, 0.25) is 0 Å². The molecule has 0 aromatic heterocycles. The largest absolute Gasteiger partial charge is 0.352 e. The van der Waals surface area contributed by atoms with E-state index >= 15 is 0 Å². The highest BCUT2D eigenvalue weighted by Gasteiger charge is 2.11. The molecule has 2 heteroatoms. The molecule has 1 N–H and O–H groups in total. The molecular weight excluding hydrogens is 162 g/mol. The summed E-state index contributed by atoms with van der Waals surface area (Å²) in [5, 5.41) is 2.85. The topological polar surface area (TPSA) is 29.1 Å². The molecule has 1 rings (SSSR count). The number of nitrogens with one attached hydrogen (secondary N) is 1. The summed E-state index contributed by atoms with van der Waals surface area (Å²) in [6, 6.07) is 0. The second kappa shape index (κ2) is 5.57. The summed E-state index contributed by atoms with van der Waals surface area (Å²) in [5.74, 6) is 0.129. The average molecular weight is 179 g/mol. The van der Waals surface area contributed by atoms with Crippen molar-refractivity contribution in [3.63, 3.8) is 0 Å². The normalized spacial score (nSPS) is 16.3.